The van der Waals surface area contributed by atoms with Gasteiger partial charge in [-0.1, -0.05) is 27.5 Å². The summed E-state index contributed by atoms with van der Waals surface area (Å²) in [5, 5.41) is 0.372. The number of sulfonamides is 1. The lowest BCUT2D eigenvalue weighted by atomic mass is 10.3. The van der Waals surface area contributed by atoms with Crippen LogP contribution in [0.4, 0.5) is 5.69 Å². The summed E-state index contributed by atoms with van der Waals surface area (Å²) >= 11 is 9.07. The third-order valence-corrected chi connectivity index (χ3v) is 3.67. The van der Waals surface area contributed by atoms with Gasteiger partial charge in [-0.05, 0) is 25.1 Å². The van der Waals surface area contributed by atoms with Crippen LogP contribution in [0.2, 0.25) is 5.02 Å². The van der Waals surface area contributed by atoms with E-state index in [-0.39, 0.29) is 5.75 Å². The Hall–Kier alpha value is -0.260. The molecule has 0 saturated carbocycles. The van der Waals surface area contributed by atoms with Crippen molar-refractivity contribution in [2.75, 3.05) is 10.5 Å². The molecule has 0 aliphatic rings. The van der Waals surface area contributed by atoms with Crippen LogP contribution < -0.4 is 4.72 Å². The minimum absolute atomic E-state index is 0.0272. The van der Waals surface area contributed by atoms with Gasteiger partial charge in [0.2, 0.25) is 10.0 Å². The highest BCUT2D eigenvalue weighted by atomic mass is 79.9. The van der Waals surface area contributed by atoms with Gasteiger partial charge in [-0.15, -0.1) is 0 Å². The summed E-state index contributed by atoms with van der Waals surface area (Å²) in [6.07, 6.45) is 0. The first-order chi connectivity index (χ1) is 6.44. The van der Waals surface area contributed by atoms with Gasteiger partial charge in [0, 0.05) is 4.47 Å². The molecule has 0 radical (unpaired) electrons. The summed E-state index contributed by atoms with van der Waals surface area (Å²) in [5.41, 5.74) is 0.400. The van der Waals surface area contributed by atoms with Crippen LogP contribution in [0.1, 0.15) is 6.92 Å². The molecule has 0 aliphatic carbocycles. The van der Waals surface area contributed by atoms with Crippen molar-refractivity contribution in [2.45, 2.75) is 6.92 Å². The molecule has 0 aliphatic heterocycles. The third kappa shape index (κ3) is 3.15. The third-order valence-electron chi connectivity index (χ3n) is 1.58. The van der Waals surface area contributed by atoms with E-state index in [0.717, 1.165) is 4.47 Å². The van der Waals surface area contributed by atoms with Gasteiger partial charge in [0.25, 0.3) is 0 Å². The van der Waals surface area contributed by atoms with Gasteiger partial charge in [-0.2, -0.15) is 0 Å². The predicted molar refractivity (Wildman–Crippen MR) is 62.2 cm³/mol. The molecule has 1 aromatic carbocycles. The number of halogens is 2. The summed E-state index contributed by atoms with van der Waals surface area (Å²) < 4.78 is 25.6. The smallest absolute Gasteiger partial charge is 0.232 e. The largest absolute Gasteiger partial charge is 0.282 e. The SMILES string of the molecule is CCS(=O)(=O)Nc1ccc(Br)cc1Cl. The van der Waals surface area contributed by atoms with Gasteiger partial charge >= 0.3 is 0 Å². The minimum Gasteiger partial charge on any atom is -0.282 e. The summed E-state index contributed by atoms with van der Waals surface area (Å²) in [6.45, 7) is 1.56. The molecule has 0 bridgehead atoms. The summed E-state index contributed by atoms with van der Waals surface area (Å²) in [6, 6.07) is 4.97. The van der Waals surface area contributed by atoms with E-state index in [2.05, 4.69) is 20.7 Å². The van der Waals surface area contributed by atoms with Crippen molar-refractivity contribution < 1.29 is 8.42 Å². The Morgan fingerprint density at radius 1 is 1.50 bits per heavy atom. The van der Waals surface area contributed by atoms with Crippen LogP contribution in [0.3, 0.4) is 0 Å². The number of benzene rings is 1. The van der Waals surface area contributed by atoms with E-state index in [4.69, 9.17) is 11.6 Å². The molecule has 0 unspecified atom stereocenters. The minimum atomic E-state index is -3.26. The quantitative estimate of drug-likeness (QED) is 0.932. The first-order valence-corrected chi connectivity index (χ1v) is 6.72. The molecule has 3 nitrogen and oxygen atoms in total. The van der Waals surface area contributed by atoms with Crippen molar-refractivity contribution in [2.24, 2.45) is 0 Å². The van der Waals surface area contributed by atoms with Crippen LogP contribution >= 0.6 is 27.5 Å². The Kier molecular flexibility index (Phi) is 3.80. The van der Waals surface area contributed by atoms with E-state index in [1.165, 1.54) is 0 Å². The topological polar surface area (TPSA) is 46.2 Å². The molecular formula is C8H9BrClNO2S. The van der Waals surface area contributed by atoms with Gasteiger partial charge in [0.05, 0.1) is 16.5 Å². The van der Waals surface area contributed by atoms with Crippen LogP contribution in [0, 0.1) is 0 Å². The second-order valence-corrected chi connectivity index (χ2v) is 5.96. The van der Waals surface area contributed by atoms with Crippen molar-refractivity contribution in [3.05, 3.63) is 27.7 Å². The second kappa shape index (κ2) is 4.51. The fourth-order valence-corrected chi connectivity index (χ4v) is 2.25. The normalized spacial score (nSPS) is 11.4. The number of anilines is 1. The molecule has 1 aromatic rings. The molecule has 0 atom stereocenters. The maximum absolute atomic E-state index is 11.2. The molecule has 0 heterocycles. The highest BCUT2D eigenvalue weighted by molar-refractivity contribution is 9.10. The van der Waals surface area contributed by atoms with E-state index >= 15 is 0 Å². The lowest BCUT2D eigenvalue weighted by Gasteiger charge is -2.07. The number of rotatable bonds is 3. The van der Waals surface area contributed by atoms with Gasteiger partial charge in [0.1, 0.15) is 0 Å². The molecule has 1 N–H and O–H groups in total. The van der Waals surface area contributed by atoms with E-state index in [1.54, 1.807) is 25.1 Å². The van der Waals surface area contributed by atoms with Crippen LogP contribution in [0.15, 0.2) is 22.7 Å². The molecule has 14 heavy (non-hydrogen) atoms. The molecule has 0 amide bonds. The average Bonchev–Trinajstić information content (AvgIpc) is 2.10. The highest BCUT2D eigenvalue weighted by Crippen LogP contribution is 2.26. The van der Waals surface area contributed by atoms with Gasteiger partial charge in [-0.3, -0.25) is 4.72 Å². The van der Waals surface area contributed by atoms with Gasteiger partial charge < -0.3 is 0 Å². The predicted octanol–water partition coefficient (Wildman–Crippen LogP) is 2.86. The Bertz CT molecular complexity index is 433. The highest BCUT2D eigenvalue weighted by Gasteiger charge is 2.09. The van der Waals surface area contributed by atoms with Gasteiger partial charge in [-0.25, -0.2) is 8.42 Å². The molecule has 0 spiro atoms. The van der Waals surface area contributed by atoms with E-state index in [9.17, 15) is 8.42 Å². The maximum Gasteiger partial charge on any atom is 0.232 e. The summed E-state index contributed by atoms with van der Waals surface area (Å²) in [4.78, 5) is 0. The van der Waals surface area contributed by atoms with Crippen LogP contribution in [0.5, 0.6) is 0 Å². The molecular weight excluding hydrogens is 290 g/mol. The Morgan fingerprint density at radius 3 is 2.64 bits per heavy atom. The first kappa shape index (κ1) is 11.8. The van der Waals surface area contributed by atoms with Gasteiger partial charge in [0.15, 0.2) is 0 Å². The molecule has 1 rings (SSSR count). The lowest BCUT2D eigenvalue weighted by molar-refractivity contribution is 0.602. The van der Waals surface area contributed by atoms with E-state index in [1.807, 2.05) is 0 Å². The van der Waals surface area contributed by atoms with Crippen molar-refractivity contribution in [1.29, 1.82) is 0 Å². The van der Waals surface area contributed by atoms with Crippen molar-refractivity contribution in [1.82, 2.24) is 0 Å². The fourth-order valence-electron chi connectivity index (χ4n) is 0.812. The summed E-state index contributed by atoms with van der Waals surface area (Å²) in [5.74, 6) is 0.0272. The fraction of sp³-hybridized carbons (Fsp3) is 0.250. The molecule has 0 saturated heterocycles. The monoisotopic (exact) mass is 297 g/mol. The Labute approximate surface area is 96.6 Å². The zero-order chi connectivity index (χ0) is 10.8. The number of nitrogens with one attached hydrogen (secondary N) is 1. The standard InChI is InChI=1S/C8H9BrClNO2S/c1-2-14(12,13)11-8-4-3-6(9)5-7(8)10/h3-5,11H,2H2,1H3. The van der Waals surface area contributed by atoms with Crippen LogP contribution in [0.25, 0.3) is 0 Å². The van der Waals surface area contributed by atoms with E-state index < -0.39 is 10.0 Å². The summed E-state index contributed by atoms with van der Waals surface area (Å²) in [7, 11) is -3.26. The number of hydrogen-bond acceptors (Lipinski definition) is 2. The van der Waals surface area contributed by atoms with Crippen molar-refractivity contribution in [3.8, 4) is 0 Å². The Morgan fingerprint density at radius 2 is 2.14 bits per heavy atom. The number of hydrogen-bond donors (Lipinski definition) is 1. The average molecular weight is 299 g/mol. The van der Waals surface area contributed by atoms with Crippen LogP contribution in [-0.2, 0) is 10.0 Å². The second-order valence-electron chi connectivity index (χ2n) is 2.63. The maximum atomic E-state index is 11.2. The lowest BCUT2D eigenvalue weighted by Crippen LogP contribution is -2.14. The molecule has 6 heteroatoms. The Balaban J connectivity index is 2.99. The molecule has 0 aromatic heterocycles. The first-order valence-electron chi connectivity index (χ1n) is 3.90. The zero-order valence-corrected chi connectivity index (χ0v) is 10.6. The molecule has 0 fully saturated rings. The van der Waals surface area contributed by atoms with E-state index in [0.29, 0.717) is 10.7 Å². The van der Waals surface area contributed by atoms with Crippen molar-refractivity contribution >= 4 is 43.2 Å². The van der Waals surface area contributed by atoms with Crippen LogP contribution in [-0.4, -0.2) is 14.2 Å². The zero-order valence-electron chi connectivity index (χ0n) is 7.42. The molecule has 78 valence electrons. The van der Waals surface area contributed by atoms with Crippen molar-refractivity contribution in [3.63, 3.8) is 0 Å².